The molecule has 0 saturated heterocycles. The number of rotatable bonds is 5. The van der Waals surface area contributed by atoms with Crippen LogP contribution in [-0.2, 0) is 22.2 Å². The molecule has 2 N–H and O–H groups in total. The molecule has 0 aromatic heterocycles. The minimum absolute atomic E-state index is 0.0732. The maximum absolute atomic E-state index is 14.1. The fraction of sp³-hybridized carbons (Fsp3) is 0.517. The second-order valence-corrected chi connectivity index (χ2v) is 11.8. The van der Waals surface area contributed by atoms with Crippen LogP contribution in [0.25, 0.3) is 0 Å². The Hall–Kier alpha value is -2.76. The van der Waals surface area contributed by atoms with Crippen LogP contribution in [0.1, 0.15) is 101 Å². The van der Waals surface area contributed by atoms with Gasteiger partial charge in [0.1, 0.15) is 17.2 Å². The Balaban J connectivity index is 1.87. The van der Waals surface area contributed by atoms with E-state index in [4.69, 9.17) is 0 Å². The van der Waals surface area contributed by atoms with Crippen LogP contribution < -0.4 is 10.6 Å². The van der Waals surface area contributed by atoms with Crippen molar-refractivity contribution in [3.05, 3.63) is 70.3 Å². The highest BCUT2D eigenvalue weighted by molar-refractivity contribution is 5.99. The van der Waals surface area contributed by atoms with Gasteiger partial charge in [-0.1, -0.05) is 72.9 Å². The summed E-state index contributed by atoms with van der Waals surface area (Å²) in [5, 5.41) is 5.84. The van der Waals surface area contributed by atoms with Crippen LogP contribution in [0.5, 0.6) is 0 Å². The number of carbonyl (C=O) groups is 2. The average molecular weight is 485 g/mol. The number of halogens is 2. The van der Waals surface area contributed by atoms with Crippen molar-refractivity contribution >= 4 is 11.8 Å². The van der Waals surface area contributed by atoms with Crippen molar-refractivity contribution in [3.8, 4) is 0 Å². The van der Waals surface area contributed by atoms with E-state index in [1.165, 1.54) is 6.07 Å². The molecule has 0 spiro atoms. The summed E-state index contributed by atoms with van der Waals surface area (Å²) < 4.78 is 27.3. The van der Waals surface area contributed by atoms with Crippen molar-refractivity contribution < 1.29 is 18.4 Å². The predicted molar refractivity (Wildman–Crippen MR) is 135 cm³/mol. The van der Waals surface area contributed by atoms with E-state index in [0.717, 1.165) is 42.5 Å². The number of amides is 2. The van der Waals surface area contributed by atoms with Gasteiger partial charge in [-0.25, -0.2) is 8.78 Å². The Bertz CT molecular complexity index is 1060. The summed E-state index contributed by atoms with van der Waals surface area (Å²) in [4.78, 5) is 26.9. The number of carbonyl (C=O) groups excluding carboxylic acids is 2. The van der Waals surface area contributed by atoms with Gasteiger partial charge in [-0.3, -0.25) is 9.59 Å². The third-order valence-electron chi connectivity index (χ3n) is 6.88. The molecule has 1 aliphatic carbocycles. The normalized spacial score (nSPS) is 16.0. The van der Waals surface area contributed by atoms with Gasteiger partial charge in [0.25, 0.3) is 5.91 Å². The fourth-order valence-electron chi connectivity index (χ4n) is 4.49. The van der Waals surface area contributed by atoms with E-state index in [1.807, 2.05) is 12.1 Å². The summed E-state index contributed by atoms with van der Waals surface area (Å²) in [5.74, 6) is -2.00. The lowest BCUT2D eigenvalue weighted by molar-refractivity contribution is -0.128. The Morgan fingerprint density at radius 2 is 1.43 bits per heavy atom. The van der Waals surface area contributed by atoms with Crippen LogP contribution in [0, 0.1) is 11.6 Å². The highest BCUT2D eigenvalue weighted by atomic mass is 19.1. The molecule has 190 valence electrons. The second kappa shape index (κ2) is 10.1. The second-order valence-electron chi connectivity index (χ2n) is 11.8. The zero-order valence-electron chi connectivity index (χ0n) is 21.8. The highest BCUT2D eigenvalue weighted by Crippen LogP contribution is 2.32. The van der Waals surface area contributed by atoms with Crippen LogP contribution >= 0.6 is 0 Å². The third kappa shape index (κ3) is 6.47. The molecule has 0 bridgehead atoms. The Morgan fingerprint density at radius 1 is 0.857 bits per heavy atom. The molecular weight excluding hydrogens is 446 g/mol. The van der Waals surface area contributed by atoms with Gasteiger partial charge < -0.3 is 10.6 Å². The molecule has 1 aliphatic rings. The molecule has 6 heteroatoms. The smallest absolute Gasteiger partial charge is 0.252 e. The summed E-state index contributed by atoms with van der Waals surface area (Å²) in [5.41, 5.74) is 1.50. The van der Waals surface area contributed by atoms with Crippen molar-refractivity contribution in [2.75, 3.05) is 0 Å². The minimum atomic E-state index is -1.06. The van der Waals surface area contributed by atoms with Gasteiger partial charge in [-0.15, -0.1) is 0 Å². The summed E-state index contributed by atoms with van der Waals surface area (Å²) in [6.07, 6.45) is 3.65. The minimum Gasteiger partial charge on any atom is -0.350 e. The maximum Gasteiger partial charge on any atom is 0.252 e. The van der Waals surface area contributed by atoms with Gasteiger partial charge >= 0.3 is 0 Å². The van der Waals surface area contributed by atoms with E-state index in [-0.39, 0.29) is 34.8 Å². The molecule has 0 radical (unpaired) electrons. The lowest BCUT2D eigenvalue weighted by atomic mass is 9.78. The SMILES string of the molecule is CC(C)(C)c1cc(C(=O)NC2(C(=O)NCc3ccc(F)cc3F)CCCCC2)cc(C(C)(C)C)c1. The van der Waals surface area contributed by atoms with Crippen molar-refractivity contribution in [1.29, 1.82) is 0 Å². The van der Waals surface area contributed by atoms with Crippen molar-refractivity contribution in [2.45, 2.75) is 96.6 Å². The maximum atomic E-state index is 14.1. The lowest BCUT2D eigenvalue weighted by Crippen LogP contribution is -2.59. The van der Waals surface area contributed by atoms with Crippen LogP contribution in [0.3, 0.4) is 0 Å². The molecule has 0 heterocycles. The summed E-state index contributed by atoms with van der Waals surface area (Å²) in [7, 11) is 0. The zero-order valence-corrected chi connectivity index (χ0v) is 21.8. The van der Waals surface area contributed by atoms with E-state index in [9.17, 15) is 18.4 Å². The standard InChI is InChI=1S/C29H38F2N2O2/c1-27(2,3)21-14-20(15-22(16-21)28(4,5)6)25(34)33-29(12-8-7-9-13-29)26(35)32-18-19-10-11-23(30)17-24(19)31/h10-11,14-17H,7-9,12-13,18H2,1-6H3,(H,32,35)(H,33,34). The van der Waals surface area contributed by atoms with Crippen LogP contribution in [0.2, 0.25) is 0 Å². The number of nitrogens with one attached hydrogen (secondary N) is 2. The first-order valence-electron chi connectivity index (χ1n) is 12.4. The molecule has 3 rings (SSSR count). The van der Waals surface area contributed by atoms with Gasteiger partial charge in [0.05, 0.1) is 0 Å². The highest BCUT2D eigenvalue weighted by Gasteiger charge is 2.41. The number of benzene rings is 2. The Kier molecular flexibility index (Phi) is 7.73. The molecule has 2 aromatic rings. The first kappa shape index (κ1) is 26.8. The molecule has 4 nitrogen and oxygen atoms in total. The molecule has 1 fully saturated rings. The lowest BCUT2D eigenvalue weighted by Gasteiger charge is -2.37. The van der Waals surface area contributed by atoms with Crippen LogP contribution in [0.15, 0.2) is 36.4 Å². The molecule has 35 heavy (non-hydrogen) atoms. The topological polar surface area (TPSA) is 58.2 Å². The molecule has 2 aromatic carbocycles. The van der Waals surface area contributed by atoms with Crippen molar-refractivity contribution in [2.24, 2.45) is 0 Å². The van der Waals surface area contributed by atoms with Crippen molar-refractivity contribution in [3.63, 3.8) is 0 Å². The molecule has 1 saturated carbocycles. The Labute approximate surface area is 207 Å². The van der Waals surface area contributed by atoms with Gasteiger partial charge in [0, 0.05) is 23.7 Å². The molecule has 0 atom stereocenters. The third-order valence-corrected chi connectivity index (χ3v) is 6.88. The largest absolute Gasteiger partial charge is 0.350 e. The fourth-order valence-corrected chi connectivity index (χ4v) is 4.49. The summed E-state index contributed by atoms with van der Waals surface area (Å²) >= 11 is 0. The number of hydrogen-bond donors (Lipinski definition) is 2. The molecule has 2 amide bonds. The molecule has 0 unspecified atom stereocenters. The van der Waals surface area contributed by atoms with E-state index in [0.29, 0.717) is 18.4 Å². The number of hydrogen-bond acceptors (Lipinski definition) is 2. The predicted octanol–water partition coefficient (Wildman–Crippen LogP) is 6.31. The molecular formula is C29H38F2N2O2. The Morgan fingerprint density at radius 3 is 1.94 bits per heavy atom. The first-order chi connectivity index (χ1) is 16.2. The van der Waals surface area contributed by atoms with Crippen molar-refractivity contribution in [1.82, 2.24) is 10.6 Å². The summed E-state index contributed by atoms with van der Waals surface area (Å²) in [6.45, 7) is 12.6. The quantitative estimate of drug-likeness (QED) is 0.523. The van der Waals surface area contributed by atoms with E-state index < -0.39 is 17.2 Å². The monoisotopic (exact) mass is 484 g/mol. The van der Waals surface area contributed by atoms with E-state index >= 15 is 0 Å². The zero-order chi connectivity index (χ0) is 26.0. The van der Waals surface area contributed by atoms with E-state index in [2.05, 4.69) is 58.2 Å². The van der Waals surface area contributed by atoms with E-state index in [1.54, 1.807) is 0 Å². The van der Waals surface area contributed by atoms with Crippen LogP contribution in [0.4, 0.5) is 8.78 Å². The van der Waals surface area contributed by atoms with Gasteiger partial charge in [-0.05, 0) is 53.0 Å². The van der Waals surface area contributed by atoms with Gasteiger partial charge in [-0.2, -0.15) is 0 Å². The average Bonchev–Trinajstić information content (AvgIpc) is 2.77. The summed E-state index contributed by atoms with van der Waals surface area (Å²) in [6, 6.07) is 9.26. The van der Waals surface area contributed by atoms with Gasteiger partial charge in [0.2, 0.25) is 5.91 Å². The first-order valence-corrected chi connectivity index (χ1v) is 12.4. The van der Waals surface area contributed by atoms with Crippen LogP contribution in [-0.4, -0.2) is 17.4 Å². The molecule has 0 aliphatic heterocycles. The van der Waals surface area contributed by atoms with Gasteiger partial charge in [0.15, 0.2) is 0 Å².